The number of benzene rings is 1. The highest BCUT2D eigenvalue weighted by Crippen LogP contribution is 2.28. The third kappa shape index (κ3) is 5.62. The van der Waals surface area contributed by atoms with E-state index in [9.17, 15) is 4.39 Å². The molecule has 0 aliphatic rings. The molecule has 1 rings (SSSR count). The summed E-state index contributed by atoms with van der Waals surface area (Å²) in [5.41, 5.74) is 1.05. The zero-order valence-electron chi connectivity index (χ0n) is 12.2. The van der Waals surface area contributed by atoms with Crippen LogP contribution in [-0.4, -0.2) is 6.54 Å². The Morgan fingerprint density at radius 3 is 2.37 bits per heavy atom. The largest absolute Gasteiger partial charge is 0.310 e. The van der Waals surface area contributed by atoms with E-state index in [1.807, 2.05) is 6.07 Å². The van der Waals surface area contributed by atoms with E-state index in [0.29, 0.717) is 5.92 Å². The lowest BCUT2D eigenvalue weighted by atomic mass is 9.91. The van der Waals surface area contributed by atoms with E-state index in [2.05, 4.69) is 42.0 Å². The Labute approximate surface area is 125 Å². The van der Waals surface area contributed by atoms with Crippen molar-refractivity contribution in [1.82, 2.24) is 5.32 Å². The van der Waals surface area contributed by atoms with Crippen molar-refractivity contribution >= 4 is 15.9 Å². The van der Waals surface area contributed by atoms with E-state index >= 15 is 0 Å². The van der Waals surface area contributed by atoms with Gasteiger partial charge in [0.2, 0.25) is 0 Å². The molecule has 0 bridgehead atoms. The van der Waals surface area contributed by atoms with Gasteiger partial charge in [-0.1, -0.05) is 49.5 Å². The molecule has 0 radical (unpaired) electrons. The summed E-state index contributed by atoms with van der Waals surface area (Å²) in [6, 6.07) is 5.44. The predicted octanol–water partition coefficient (Wildman–Crippen LogP) is 5.46. The first-order chi connectivity index (χ1) is 9.10. The van der Waals surface area contributed by atoms with Crippen LogP contribution in [0.5, 0.6) is 0 Å². The van der Waals surface area contributed by atoms with Crippen LogP contribution in [0.3, 0.4) is 0 Å². The van der Waals surface area contributed by atoms with Crippen molar-refractivity contribution in [3.05, 3.63) is 34.1 Å². The average Bonchev–Trinajstić information content (AvgIpc) is 2.38. The third-order valence-electron chi connectivity index (χ3n) is 3.65. The van der Waals surface area contributed by atoms with E-state index in [-0.39, 0.29) is 11.9 Å². The highest BCUT2D eigenvalue weighted by atomic mass is 79.9. The molecule has 1 aromatic carbocycles. The second kappa shape index (κ2) is 8.70. The normalized spacial score (nSPS) is 12.9. The van der Waals surface area contributed by atoms with Crippen LogP contribution >= 0.6 is 15.9 Å². The first-order valence-corrected chi connectivity index (χ1v) is 8.09. The van der Waals surface area contributed by atoms with Crippen molar-refractivity contribution in [2.24, 2.45) is 5.92 Å². The van der Waals surface area contributed by atoms with Gasteiger partial charge in [-0.2, -0.15) is 0 Å². The first kappa shape index (κ1) is 16.6. The van der Waals surface area contributed by atoms with Crippen molar-refractivity contribution in [3.63, 3.8) is 0 Å². The van der Waals surface area contributed by atoms with Crippen molar-refractivity contribution < 1.29 is 4.39 Å². The van der Waals surface area contributed by atoms with Gasteiger partial charge in [-0.15, -0.1) is 0 Å². The average molecular weight is 330 g/mol. The van der Waals surface area contributed by atoms with Crippen molar-refractivity contribution in [2.75, 3.05) is 6.54 Å². The molecule has 1 N–H and O–H groups in total. The molecule has 19 heavy (non-hydrogen) atoms. The SMILES string of the molecule is CCCNC(CC(CC)CC)c1cc(F)cc(Br)c1. The molecule has 0 heterocycles. The minimum atomic E-state index is -0.169. The lowest BCUT2D eigenvalue weighted by molar-refractivity contribution is 0.370. The molecule has 0 aromatic heterocycles. The van der Waals surface area contributed by atoms with Gasteiger partial charge < -0.3 is 5.32 Å². The number of rotatable bonds is 8. The first-order valence-electron chi connectivity index (χ1n) is 7.30. The number of halogens is 2. The summed E-state index contributed by atoms with van der Waals surface area (Å²) in [6.07, 6.45) is 4.52. The molecule has 108 valence electrons. The molecular formula is C16H25BrFN. The Kier molecular flexibility index (Phi) is 7.62. The zero-order valence-corrected chi connectivity index (χ0v) is 13.8. The van der Waals surface area contributed by atoms with Crippen LogP contribution in [0.2, 0.25) is 0 Å². The van der Waals surface area contributed by atoms with Gasteiger partial charge >= 0.3 is 0 Å². The zero-order chi connectivity index (χ0) is 14.3. The van der Waals surface area contributed by atoms with Crippen molar-refractivity contribution in [2.45, 2.75) is 52.5 Å². The maximum atomic E-state index is 13.6. The minimum absolute atomic E-state index is 0.169. The maximum absolute atomic E-state index is 13.6. The summed E-state index contributed by atoms with van der Waals surface area (Å²) in [5, 5.41) is 3.55. The number of nitrogens with one attached hydrogen (secondary N) is 1. The van der Waals surface area contributed by atoms with E-state index < -0.39 is 0 Å². The monoisotopic (exact) mass is 329 g/mol. The molecular weight excluding hydrogens is 305 g/mol. The Hall–Kier alpha value is -0.410. The molecule has 0 aliphatic heterocycles. The number of hydrogen-bond acceptors (Lipinski definition) is 1. The van der Waals surface area contributed by atoms with Crippen molar-refractivity contribution in [3.8, 4) is 0 Å². The highest BCUT2D eigenvalue weighted by Gasteiger charge is 2.16. The van der Waals surface area contributed by atoms with Crippen LogP contribution in [0.4, 0.5) is 4.39 Å². The third-order valence-corrected chi connectivity index (χ3v) is 4.11. The van der Waals surface area contributed by atoms with E-state index in [1.54, 1.807) is 6.07 Å². The lowest BCUT2D eigenvalue weighted by Crippen LogP contribution is -2.24. The summed E-state index contributed by atoms with van der Waals surface area (Å²) in [7, 11) is 0. The summed E-state index contributed by atoms with van der Waals surface area (Å²) in [6.45, 7) is 7.58. The Balaban J connectivity index is 2.87. The molecule has 1 aromatic rings. The molecule has 0 saturated heterocycles. The molecule has 3 heteroatoms. The Bertz CT molecular complexity index is 357. The van der Waals surface area contributed by atoms with Gasteiger partial charge in [-0.3, -0.25) is 0 Å². The van der Waals surface area contributed by atoms with E-state index in [4.69, 9.17) is 0 Å². The van der Waals surface area contributed by atoms with Gasteiger partial charge in [0.25, 0.3) is 0 Å². The van der Waals surface area contributed by atoms with Gasteiger partial charge in [0.15, 0.2) is 0 Å². The number of hydrogen-bond donors (Lipinski definition) is 1. The van der Waals surface area contributed by atoms with Gasteiger partial charge in [-0.25, -0.2) is 4.39 Å². The van der Waals surface area contributed by atoms with Gasteiger partial charge in [0.1, 0.15) is 5.82 Å². The van der Waals surface area contributed by atoms with Crippen LogP contribution in [0.15, 0.2) is 22.7 Å². The molecule has 1 atom stereocenters. The highest BCUT2D eigenvalue weighted by molar-refractivity contribution is 9.10. The molecule has 1 nitrogen and oxygen atoms in total. The van der Waals surface area contributed by atoms with Gasteiger partial charge in [0, 0.05) is 10.5 Å². The van der Waals surface area contributed by atoms with E-state index in [1.165, 1.54) is 18.9 Å². The fourth-order valence-electron chi connectivity index (χ4n) is 2.39. The fourth-order valence-corrected chi connectivity index (χ4v) is 2.87. The molecule has 1 unspecified atom stereocenters. The Morgan fingerprint density at radius 1 is 1.16 bits per heavy atom. The van der Waals surface area contributed by atoms with E-state index in [0.717, 1.165) is 29.4 Å². The fraction of sp³-hybridized carbons (Fsp3) is 0.625. The summed E-state index contributed by atoms with van der Waals surface area (Å²) in [5.74, 6) is 0.522. The molecule has 0 aliphatic carbocycles. The summed E-state index contributed by atoms with van der Waals surface area (Å²) < 4.78 is 14.4. The van der Waals surface area contributed by atoms with Gasteiger partial charge in [0.05, 0.1) is 0 Å². The van der Waals surface area contributed by atoms with Crippen LogP contribution in [0, 0.1) is 11.7 Å². The van der Waals surface area contributed by atoms with Gasteiger partial charge in [-0.05, 0) is 49.1 Å². The quantitative estimate of drug-likeness (QED) is 0.668. The second-order valence-electron chi connectivity index (χ2n) is 5.13. The standard InChI is InChI=1S/C16H25BrFN/c1-4-7-19-16(8-12(5-2)6-3)13-9-14(17)11-15(18)10-13/h9-12,16,19H,4-8H2,1-3H3. The molecule has 0 saturated carbocycles. The lowest BCUT2D eigenvalue weighted by Gasteiger charge is -2.24. The second-order valence-corrected chi connectivity index (χ2v) is 6.04. The topological polar surface area (TPSA) is 12.0 Å². The smallest absolute Gasteiger partial charge is 0.124 e. The summed E-state index contributed by atoms with van der Waals surface area (Å²) >= 11 is 3.38. The molecule has 0 amide bonds. The maximum Gasteiger partial charge on any atom is 0.124 e. The summed E-state index contributed by atoms with van der Waals surface area (Å²) in [4.78, 5) is 0. The van der Waals surface area contributed by atoms with Crippen LogP contribution < -0.4 is 5.32 Å². The van der Waals surface area contributed by atoms with Crippen LogP contribution in [-0.2, 0) is 0 Å². The Morgan fingerprint density at radius 2 is 1.84 bits per heavy atom. The van der Waals surface area contributed by atoms with Crippen molar-refractivity contribution in [1.29, 1.82) is 0 Å². The molecule has 0 fully saturated rings. The minimum Gasteiger partial charge on any atom is -0.310 e. The predicted molar refractivity (Wildman–Crippen MR) is 83.8 cm³/mol. The van der Waals surface area contributed by atoms with Crippen LogP contribution in [0.1, 0.15) is 58.1 Å². The molecule has 0 spiro atoms. The van der Waals surface area contributed by atoms with Crippen LogP contribution in [0.25, 0.3) is 0 Å².